The van der Waals surface area contributed by atoms with E-state index in [1.165, 1.54) is 44.9 Å². The van der Waals surface area contributed by atoms with Gasteiger partial charge in [0, 0.05) is 0 Å². The minimum atomic E-state index is 0.909. The van der Waals surface area contributed by atoms with E-state index in [9.17, 15) is 0 Å². The Labute approximate surface area is 159 Å². The van der Waals surface area contributed by atoms with Crippen LogP contribution in [0.15, 0.2) is 12.1 Å². The van der Waals surface area contributed by atoms with Crippen molar-refractivity contribution in [1.82, 2.24) is 0 Å². The molecule has 0 heteroatoms. The molecule has 26 heavy (non-hydrogen) atoms. The molecule has 0 aromatic heterocycles. The quantitative estimate of drug-likeness (QED) is 0.529. The van der Waals surface area contributed by atoms with Crippen LogP contribution in [-0.4, -0.2) is 0 Å². The Morgan fingerprint density at radius 1 is 0.577 bits per heavy atom. The topological polar surface area (TPSA) is 0 Å². The van der Waals surface area contributed by atoms with Gasteiger partial charge < -0.3 is 0 Å². The second kappa shape index (κ2) is 5.39. The molecule has 6 aliphatic carbocycles. The Morgan fingerprint density at radius 3 is 1.96 bits per heavy atom. The average molecular weight is 347 g/mol. The minimum Gasteiger partial charge on any atom is -0.0582 e. The Kier molecular flexibility index (Phi) is 3.15. The summed E-state index contributed by atoms with van der Waals surface area (Å²) in [7, 11) is 0. The predicted molar refractivity (Wildman–Crippen MR) is 107 cm³/mol. The number of benzene rings is 1. The maximum absolute atomic E-state index is 2.68. The molecule has 0 saturated heterocycles. The van der Waals surface area contributed by atoms with E-state index in [0.29, 0.717) is 0 Å². The SMILES string of the molecule is c1cc(C2CC3CCC2C3)c2c(c1C1CCCCC1)C1C3CCC(C3)C21. The summed E-state index contributed by atoms with van der Waals surface area (Å²) in [6.07, 6.45) is 18.2. The van der Waals surface area contributed by atoms with Crippen molar-refractivity contribution in [2.24, 2.45) is 23.7 Å². The van der Waals surface area contributed by atoms with Crippen molar-refractivity contribution >= 4 is 0 Å². The molecule has 0 aliphatic heterocycles. The normalized spacial score (nSPS) is 45.6. The van der Waals surface area contributed by atoms with Crippen LogP contribution in [0.2, 0.25) is 0 Å². The number of hydrogen-bond donors (Lipinski definition) is 0. The Hall–Kier alpha value is -0.780. The van der Waals surface area contributed by atoms with Crippen molar-refractivity contribution in [2.45, 2.75) is 101 Å². The van der Waals surface area contributed by atoms with Gasteiger partial charge in [0.05, 0.1) is 0 Å². The molecule has 0 radical (unpaired) electrons. The second-order valence-corrected chi connectivity index (χ2v) is 11.1. The molecule has 7 unspecified atom stereocenters. The molecule has 7 rings (SSSR count). The zero-order chi connectivity index (χ0) is 16.8. The molecule has 1 aromatic carbocycles. The van der Waals surface area contributed by atoms with Gasteiger partial charge in [-0.15, -0.1) is 0 Å². The predicted octanol–water partition coefficient (Wildman–Crippen LogP) is 7.25. The van der Waals surface area contributed by atoms with Crippen molar-refractivity contribution < 1.29 is 0 Å². The van der Waals surface area contributed by atoms with Gasteiger partial charge in [0.2, 0.25) is 0 Å². The van der Waals surface area contributed by atoms with E-state index in [-0.39, 0.29) is 0 Å². The maximum atomic E-state index is 2.68. The third-order valence-corrected chi connectivity index (χ3v) is 10.1. The van der Waals surface area contributed by atoms with Crippen molar-refractivity contribution in [1.29, 1.82) is 0 Å². The van der Waals surface area contributed by atoms with Crippen molar-refractivity contribution in [3.05, 3.63) is 34.4 Å². The molecule has 7 atom stereocenters. The summed E-state index contributed by atoms with van der Waals surface area (Å²) in [5.41, 5.74) is 7.64. The molecule has 138 valence electrons. The van der Waals surface area contributed by atoms with Gasteiger partial charge in [-0.2, -0.15) is 0 Å². The Balaban J connectivity index is 1.35. The van der Waals surface area contributed by atoms with Crippen LogP contribution in [0.25, 0.3) is 0 Å². The highest BCUT2D eigenvalue weighted by Crippen LogP contribution is 2.71. The molecule has 6 aliphatic rings. The largest absolute Gasteiger partial charge is 0.0582 e. The molecule has 5 saturated carbocycles. The highest BCUT2D eigenvalue weighted by molar-refractivity contribution is 5.59. The van der Waals surface area contributed by atoms with Crippen LogP contribution >= 0.6 is 0 Å². The first kappa shape index (κ1) is 15.2. The van der Waals surface area contributed by atoms with Gasteiger partial charge in [-0.1, -0.05) is 37.8 Å². The van der Waals surface area contributed by atoms with Crippen LogP contribution in [0, 0.1) is 23.7 Å². The van der Waals surface area contributed by atoms with E-state index >= 15 is 0 Å². The fraction of sp³-hybridized carbons (Fsp3) is 0.769. The standard InChI is InChI=1S/C26H34/c1-2-4-16(5-3-1)20-10-11-21(22-13-15-6-7-17(22)12-15)26-24-19-9-8-18(14-19)23(24)25(20)26/h10-11,15-19,22-24H,1-9,12-14H2. The summed E-state index contributed by atoms with van der Waals surface area (Å²) in [4.78, 5) is 0. The average Bonchev–Trinajstić information content (AvgIpc) is 3.44. The van der Waals surface area contributed by atoms with E-state index in [1.54, 1.807) is 32.1 Å². The van der Waals surface area contributed by atoms with Crippen molar-refractivity contribution in [3.63, 3.8) is 0 Å². The minimum absolute atomic E-state index is 0.909. The van der Waals surface area contributed by atoms with Crippen LogP contribution in [0.4, 0.5) is 0 Å². The lowest BCUT2D eigenvalue weighted by atomic mass is 9.56. The molecule has 1 aromatic rings. The van der Waals surface area contributed by atoms with Crippen LogP contribution in [-0.2, 0) is 0 Å². The molecular weight excluding hydrogens is 312 g/mol. The smallest absolute Gasteiger partial charge is 0.00560 e. The van der Waals surface area contributed by atoms with Crippen molar-refractivity contribution in [3.8, 4) is 0 Å². The van der Waals surface area contributed by atoms with E-state index in [4.69, 9.17) is 0 Å². The summed E-state index contributed by atoms with van der Waals surface area (Å²) in [5, 5.41) is 0. The van der Waals surface area contributed by atoms with Gasteiger partial charge >= 0.3 is 0 Å². The maximum Gasteiger partial charge on any atom is -0.00560 e. The number of rotatable bonds is 2. The van der Waals surface area contributed by atoms with E-state index in [0.717, 1.165) is 47.3 Å². The number of fused-ring (bicyclic) bond motifs is 10. The lowest BCUT2D eigenvalue weighted by Gasteiger charge is -2.48. The zero-order valence-electron chi connectivity index (χ0n) is 16.3. The number of hydrogen-bond acceptors (Lipinski definition) is 0. The molecule has 0 N–H and O–H groups in total. The van der Waals surface area contributed by atoms with Crippen LogP contribution in [0.1, 0.15) is 123 Å². The van der Waals surface area contributed by atoms with Gasteiger partial charge in [0.25, 0.3) is 0 Å². The second-order valence-electron chi connectivity index (χ2n) is 11.1. The molecule has 4 bridgehead atoms. The highest BCUT2D eigenvalue weighted by Gasteiger charge is 2.58. The molecule has 0 heterocycles. The fourth-order valence-electron chi connectivity index (χ4n) is 9.16. The van der Waals surface area contributed by atoms with Crippen molar-refractivity contribution in [2.75, 3.05) is 0 Å². The first-order valence-electron chi connectivity index (χ1n) is 12.0. The highest BCUT2D eigenvalue weighted by atomic mass is 14.6. The summed E-state index contributed by atoms with van der Waals surface area (Å²) in [5.74, 6) is 8.11. The Bertz CT molecular complexity index is 739. The van der Waals surface area contributed by atoms with Gasteiger partial charge in [0.1, 0.15) is 0 Å². The Morgan fingerprint density at radius 2 is 1.27 bits per heavy atom. The lowest BCUT2D eigenvalue weighted by Crippen LogP contribution is -2.34. The first-order chi connectivity index (χ1) is 12.9. The van der Waals surface area contributed by atoms with Crippen LogP contribution < -0.4 is 0 Å². The summed E-state index contributed by atoms with van der Waals surface area (Å²) < 4.78 is 0. The lowest BCUT2D eigenvalue weighted by molar-refractivity contribution is 0.307. The van der Waals surface area contributed by atoms with Gasteiger partial charge in [-0.25, -0.2) is 0 Å². The van der Waals surface area contributed by atoms with Crippen LogP contribution in [0.3, 0.4) is 0 Å². The fourth-order valence-corrected chi connectivity index (χ4v) is 9.16. The monoisotopic (exact) mass is 346 g/mol. The third kappa shape index (κ3) is 1.87. The molecular formula is C26H34. The zero-order valence-corrected chi connectivity index (χ0v) is 16.3. The van der Waals surface area contributed by atoms with Crippen LogP contribution in [0.5, 0.6) is 0 Å². The third-order valence-electron chi connectivity index (χ3n) is 10.1. The molecule has 5 fully saturated rings. The summed E-state index contributed by atoms with van der Waals surface area (Å²) in [6.45, 7) is 0. The van der Waals surface area contributed by atoms with E-state index < -0.39 is 0 Å². The molecule has 0 spiro atoms. The molecule has 0 nitrogen and oxygen atoms in total. The van der Waals surface area contributed by atoms with E-state index in [1.807, 2.05) is 22.3 Å². The molecule has 0 amide bonds. The van der Waals surface area contributed by atoms with Gasteiger partial charge in [0.15, 0.2) is 0 Å². The summed E-state index contributed by atoms with van der Waals surface area (Å²) in [6, 6.07) is 5.34. The van der Waals surface area contributed by atoms with E-state index in [2.05, 4.69) is 12.1 Å². The van der Waals surface area contributed by atoms with Gasteiger partial charge in [-0.3, -0.25) is 0 Å². The summed E-state index contributed by atoms with van der Waals surface area (Å²) >= 11 is 0. The van der Waals surface area contributed by atoms with Gasteiger partial charge in [-0.05, 0) is 121 Å². The first-order valence-corrected chi connectivity index (χ1v) is 12.0.